The maximum absolute atomic E-state index is 5.19. The molecule has 0 unspecified atom stereocenters. The number of aromatic nitrogens is 2. The summed E-state index contributed by atoms with van der Waals surface area (Å²) < 4.78 is 5.19. The number of hydrogen-bond donors (Lipinski definition) is 0. The molecule has 0 N–H and O–H groups in total. The molecule has 2 aromatic rings. The zero-order valence-electron chi connectivity index (χ0n) is 5.53. The molecule has 0 spiro atoms. The molecule has 0 atom stereocenters. The number of furan rings is 1. The van der Waals surface area contributed by atoms with Crippen molar-refractivity contribution in [3.63, 3.8) is 0 Å². The van der Waals surface area contributed by atoms with E-state index >= 15 is 0 Å². The SMILES string of the molecule is Cc1cc2ccnnc2o1. The fourth-order valence-corrected chi connectivity index (χ4v) is 0.919. The second-order valence-corrected chi connectivity index (χ2v) is 2.15. The first-order valence-electron chi connectivity index (χ1n) is 3.04. The van der Waals surface area contributed by atoms with Gasteiger partial charge in [0.15, 0.2) is 0 Å². The minimum atomic E-state index is 0.611. The minimum absolute atomic E-state index is 0.611. The number of hydrogen-bond acceptors (Lipinski definition) is 3. The highest BCUT2D eigenvalue weighted by molar-refractivity contribution is 5.72. The van der Waals surface area contributed by atoms with E-state index in [4.69, 9.17) is 4.42 Å². The van der Waals surface area contributed by atoms with Crippen molar-refractivity contribution in [1.82, 2.24) is 10.2 Å². The lowest BCUT2D eigenvalue weighted by Gasteiger charge is -1.79. The van der Waals surface area contributed by atoms with Crippen LogP contribution in [0.3, 0.4) is 0 Å². The van der Waals surface area contributed by atoms with Gasteiger partial charge in [-0.15, -0.1) is 5.10 Å². The molecule has 0 amide bonds. The summed E-state index contributed by atoms with van der Waals surface area (Å²) in [4.78, 5) is 0. The summed E-state index contributed by atoms with van der Waals surface area (Å²) >= 11 is 0. The van der Waals surface area contributed by atoms with Gasteiger partial charge in [-0.05, 0) is 19.1 Å². The predicted molar refractivity (Wildman–Crippen MR) is 36.5 cm³/mol. The molecule has 3 nitrogen and oxygen atoms in total. The van der Waals surface area contributed by atoms with Gasteiger partial charge in [0, 0.05) is 5.39 Å². The van der Waals surface area contributed by atoms with Crippen LogP contribution in [0.25, 0.3) is 11.1 Å². The van der Waals surface area contributed by atoms with Gasteiger partial charge in [-0.2, -0.15) is 5.10 Å². The van der Waals surface area contributed by atoms with Gasteiger partial charge in [-0.3, -0.25) is 0 Å². The highest BCUT2D eigenvalue weighted by atomic mass is 16.3. The Labute approximate surface area is 57.7 Å². The number of fused-ring (bicyclic) bond motifs is 1. The van der Waals surface area contributed by atoms with E-state index in [0.717, 1.165) is 11.1 Å². The number of nitrogens with zero attached hydrogens (tertiary/aromatic N) is 2. The summed E-state index contributed by atoms with van der Waals surface area (Å²) in [7, 11) is 0. The largest absolute Gasteiger partial charge is 0.442 e. The lowest BCUT2D eigenvalue weighted by molar-refractivity contribution is 0.562. The van der Waals surface area contributed by atoms with E-state index in [1.807, 2.05) is 19.1 Å². The van der Waals surface area contributed by atoms with Crippen LogP contribution in [0.1, 0.15) is 5.76 Å². The van der Waals surface area contributed by atoms with Crippen LogP contribution in [-0.4, -0.2) is 10.2 Å². The quantitative estimate of drug-likeness (QED) is 0.548. The van der Waals surface area contributed by atoms with Crippen LogP contribution in [0.4, 0.5) is 0 Å². The van der Waals surface area contributed by atoms with Crippen molar-refractivity contribution in [2.24, 2.45) is 0 Å². The average molecular weight is 134 g/mol. The molecule has 0 radical (unpaired) electrons. The Balaban J connectivity index is 2.88. The summed E-state index contributed by atoms with van der Waals surface area (Å²) in [6, 6.07) is 3.81. The molecule has 2 aromatic heterocycles. The van der Waals surface area contributed by atoms with E-state index in [1.54, 1.807) is 6.20 Å². The molecule has 0 aliphatic rings. The molecule has 0 saturated heterocycles. The maximum atomic E-state index is 5.19. The Kier molecular flexibility index (Phi) is 0.974. The summed E-state index contributed by atoms with van der Waals surface area (Å²) in [5.41, 5.74) is 0.611. The zero-order chi connectivity index (χ0) is 6.97. The highest BCUT2D eigenvalue weighted by Crippen LogP contribution is 2.13. The molecule has 2 rings (SSSR count). The van der Waals surface area contributed by atoms with E-state index in [0.29, 0.717) is 5.71 Å². The normalized spacial score (nSPS) is 10.5. The van der Waals surface area contributed by atoms with Crippen molar-refractivity contribution in [2.45, 2.75) is 6.92 Å². The van der Waals surface area contributed by atoms with Crippen LogP contribution in [0.15, 0.2) is 22.7 Å². The van der Waals surface area contributed by atoms with E-state index in [1.165, 1.54) is 0 Å². The summed E-state index contributed by atoms with van der Waals surface area (Å²) in [6.45, 7) is 1.89. The predicted octanol–water partition coefficient (Wildman–Crippen LogP) is 1.53. The second kappa shape index (κ2) is 1.80. The molecule has 0 aliphatic heterocycles. The Morgan fingerprint density at radius 3 is 3.20 bits per heavy atom. The van der Waals surface area contributed by atoms with Crippen LogP contribution in [0.5, 0.6) is 0 Å². The van der Waals surface area contributed by atoms with Gasteiger partial charge in [-0.25, -0.2) is 0 Å². The molecule has 3 heteroatoms. The second-order valence-electron chi connectivity index (χ2n) is 2.15. The molecule has 0 bridgehead atoms. The zero-order valence-corrected chi connectivity index (χ0v) is 5.53. The van der Waals surface area contributed by atoms with Crippen LogP contribution < -0.4 is 0 Å². The van der Waals surface area contributed by atoms with Crippen molar-refractivity contribution >= 4 is 11.1 Å². The topological polar surface area (TPSA) is 38.9 Å². The lowest BCUT2D eigenvalue weighted by Crippen LogP contribution is -1.75. The molecular weight excluding hydrogens is 128 g/mol. The fourth-order valence-electron chi connectivity index (χ4n) is 0.919. The van der Waals surface area contributed by atoms with Gasteiger partial charge >= 0.3 is 0 Å². The smallest absolute Gasteiger partial charge is 0.245 e. The Bertz CT molecular complexity index is 320. The van der Waals surface area contributed by atoms with Crippen LogP contribution in [0, 0.1) is 6.92 Å². The average Bonchev–Trinajstić information content (AvgIpc) is 2.27. The van der Waals surface area contributed by atoms with Gasteiger partial charge in [0.05, 0.1) is 6.20 Å². The van der Waals surface area contributed by atoms with E-state index < -0.39 is 0 Å². The third kappa shape index (κ3) is 0.673. The van der Waals surface area contributed by atoms with Crippen molar-refractivity contribution in [2.75, 3.05) is 0 Å². The molecule has 0 fully saturated rings. The fraction of sp³-hybridized carbons (Fsp3) is 0.143. The van der Waals surface area contributed by atoms with Gasteiger partial charge in [0.1, 0.15) is 5.76 Å². The van der Waals surface area contributed by atoms with Crippen LogP contribution in [0.2, 0.25) is 0 Å². The van der Waals surface area contributed by atoms with Crippen molar-refractivity contribution < 1.29 is 4.42 Å². The number of rotatable bonds is 0. The molecule has 0 aromatic carbocycles. The third-order valence-corrected chi connectivity index (χ3v) is 1.33. The van der Waals surface area contributed by atoms with Gasteiger partial charge in [0.25, 0.3) is 0 Å². The summed E-state index contributed by atoms with van der Waals surface area (Å²) in [5, 5.41) is 8.47. The lowest BCUT2D eigenvalue weighted by atomic mass is 10.3. The first-order valence-corrected chi connectivity index (χ1v) is 3.04. The van der Waals surface area contributed by atoms with Crippen LogP contribution >= 0.6 is 0 Å². The third-order valence-electron chi connectivity index (χ3n) is 1.33. The Morgan fingerprint density at radius 1 is 1.50 bits per heavy atom. The van der Waals surface area contributed by atoms with Gasteiger partial charge in [-0.1, -0.05) is 0 Å². The monoisotopic (exact) mass is 134 g/mol. The van der Waals surface area contributed by atoms with Gasteiger partial charge < -0.3 is 4.42 Å². The highest BCUT2D eigenvalue weighted by Gasteiger charge is 1.98. The Morgan fingerprint density at radius 2 is 2.40 bits per heavy atom. The van der Waals surface area contributed by atoms with Crippen molar-refractivity contribution in [3.05, 3.63) is 24.1 Å². The van der Waals surface area contributed by atoms with E-state index in [-0.39, 0.29) is 0 Å². The molecule has 10 heavy (non-hydrogen) atoms. The maximum Gasteiger partial charge on any atom is 0.245 e. The first kappa shape index (κ1) is 5.41. The molecule has 0 saturated carbocycles. The molecule has 0 aliphatic carbocycles. The standard InChI is InChI=1S/C7H6N2O/c1-5-4-6-2-3-8-9-7(6)10-5/h2-4H,1H3. The summed E-state index contributed by atoms with van der Waals surface area (Å²) in [5.74, 6) is 0.871. The van der Waals surface area contributed by atoms with Crippen molar-refractivity contribution in [3.8, 4) is 0 Å². The Hall–Kier alpha value is -1.38. The van der Waals surface area contributed by atoms with E-state index in [2.05, 4.69) is 10.2 Å². The molecule has 50 valence electrons. The van der Waals surface area contributed by atoms with Gasteiger partial charge in [0.2, 0.25) is 5.71 Å². The van der Waals surface area contributed by atoms with E-state index in [9.17, 15) is 0 Å². The molecule has 2 heterocycles. The molecular formula is C7H6N2O. The van der Waals surface area contributed by atoms with Crippen LogP contribution in [-0.2, 0) is 0 Å². The number of aryl methyl sites for hydroxylation is 1. The first-order chi connectivity index (χ1) is 4.86. The van der Waals surface area contributed by atoms with Crippen molar-refractivity contribution in [1.29, 1.82) is 0 Å². The minimum Gasteiger partial charge on any atom is -0.442 e. The summed E-state index contributed by atoms with van der Waals surface area (Å²) in [6.07, 6.45) is 1.65.